The molecule has 9 rings (SSSR count). The third-order valence-corrected chi connectivity index (χ3v) is 9.92. The molecule has 0 fully saturated rings. The first-order valence-corrected chi connectivity index (χ1v) is 17.2. The normalized spacial score (nSPS) is 12.8. The van der Waals surface area contributed by atoms with E-state index in [4.69, 9.17) is 19.4 Å². The number of ether oxygens (including phenoxy) is 2. The van der Waals surface area contributed by atoms with Crippen LogP contribution in [0.2, 0.25) is 0 Å². The Balaban J connectivity index is 1.22. The number of aromatic nitrogens is 2. The molecule has 0 bridgehead atoms. The third kappa shape index (κ3) is 5.24. The molecule has 0 atom stereocenters. The fourth-order valence-corrected chi connectivity index (χ4v) is 7.69. The maximum Gasteiger partial charge on any atom is 0.132 e. The first-order chi connectivity index (χ1) is 25.1. The van der Waals surface area contributed by atoms with E-state index in [1.54, 1.807) is 0 Å². The van der Waals surface area contributed by atoms with Crippen LogP contribution in [-0.4, -0.2) is 9.97 Å². The summed E-state index contributed by atoms with van der Waals surface area (Å²) in [5, 5.41) is 1.11. The number of benzene rings is 6. The van der Waals surface area contributed by atoms with Gasteiger partial charge in [0.25, 0.3) is 0 Å². The Morgan fingerprint density at radius 1 is 0.549 bits per heavy atom. The molecule has 0 spiro atoms. The van der Waals surface area contributed by atoms with Crippen molar-refractivity contribution < 1.29 is 9.47 Å². The monoisotopic (exact) mass is 658 g/mol. The van der Waals surface area contributed by atoms with E-state index >= 15 is 0 Å². The molecule has 4 heteroatoms. The molecular formula is C47H34N2O2. The van der Waals surface area contributed by atoms with E-state index in [2.05, 4.69) is 123 Å². The molecule has 0 aliphatic carbocycles. The van der Waals surface area contributed by atoms with Gasteiger partial charge >= 0.3 is 0 Å². The summed E-state index contributed by atoms with van der Waals surface area (Å²) >= 11 is 0. The van der Waals surface area contributed by atoms with Gasteiger partial charge in [-0.3, -0.25) is 4.98 Å². The molecule has 0 amide bonds. The van der Waals surface area contributed by atoms with Crippen LogP contribution in [0.25, 0.3) is 33.3 Å². The van der Waals surface area contributed by atoms with Crippen molar-refractivity contribution in [1.29, 1.82) is 0 Å². The van der Waals surface area contributed by atoms with E-state index in [0.29, 0.717) is 0 Å². The number of pyridine rings is 2. The van der Waals surface area contributed by atoms with Crippen LogP contribution in [0.4, 0.5) is 0 Å². The van der Waals surface area contributed by atoms with Gasteiger partial charge in [-0.05, 0) is 108 Å². The zero-order valence-corrected chi connectivity index (χ0v) is 28.4. The Morgan fingerprint density at radius 3 is 2.00 bits per heavy atom. The second kappa shape index (κ2) is 12.4. The number of hydrogen-bond acceptors (Lipinski definition) is 4. The van der Waals surface area contributed by atoms with Gasteiger partial charge in [0.05, 0.1) is 22.3 Å². The van der Waals surface area contributed by atoms with Crippen molar-refractivity contribution >= 4 is 10.9 Å². The van der Waals surface area contributed by atoms with Crippen molar-refractivity contribution in [2.75, 3.05) is 0 Å². The first-order valence-electron chi connectivity index (χ1n) is 17.2. The van der Waals surface area contributed by atoms with Crippen LogP contribution in [-0.2, 0) is 5.41 Å². The Hall–Kier alpha value is -6.52. The summed E-state index contributed by atoms with van der Waals surface area (Å²) in [6.07, 6.45) is 1.86. The fourth-order valence-electron chi connectivity index (χ4n) is 7.69. The average molecular weight is 659 g/mol. The van der Waals surface area contributed by atoms with Crippen LogP contribution in [0.3, 0.4) is 0 Å². The van der Waals surface area contributed by atoms with Crippen LogP contribution < -0.4 is 9.47 Å². The quantitative estimate of drug-likeness (QED) is 0.178. The Bertz CT molecular complexity index is 2510. The second-order valence-electron chi connectivity index (χ2n) is 13.1. The highest BCUT2D eigenvalue weighted by Crippen LogP contribution is 2.55. The van der Waals surface area contributed by atoms with Crippen molar-refractivity contribution in [1.82, 2.24) is 9.97 Å². The third-order valence-electron chi connectivity index (χ3n) is 9.92. The average Bonchev–Trinajstić information content (AvgIpc) is 3.17. The summed E-state index contributed by atoms with van der Waals surface area (Å²) in [5.41, 5.74) is 10.8. The first kappa shape index (κ1) is 30.5. The molecule has 6 aromatic carbocycles. The molecule has 2 aromatic heterocycles. The number of nitrogens with zero attached hydrogens (tertiary/aromatic N) is 2. The van der Waals surface area contributed by atoms with Crippen LogP contribution in [0.5, 0.6) is 23.0 Å². The molecule has 3 heterocycles. The highest BCUT2D eigenvalue weighted by atomic mass is 16.5. The van der Waals surface area contributed by atoms with Gasteiger partial charge in [0, 0.05) is 28.3 Å². The summed E-state index contributed by atoms with van der Waals surface area (Å²) in [7, 11) is 0. The Kier molecular flexibility index (Phi) is 7.44. The maximum atomic E-state index is 6.88. The summed E-state index contributed by atoms with van der Waals surface area (Å²) in [6, 6.07) is 56.3. The molecular weight excluding hydrogens is 625 g/mol. The molecule has 0 radical (unpaired) electrons. The minimum Gasteiger partial charge on any atom is -0.457 e. The van der Waals surface area contributed by atoms with Crippen LogP contribution in [0.15, 0.2) is 170 Å². The second-order valence-corrected chi connectivity index (χ2v) is 13.1. The van der Waals surface area contributed by atoms with Gasteiger partial charge in [-0.1, -0.05) is 97.1 Å². The number of rotatable bonds is 6. The number of hydrogen-bond donors (Lipinski definition) is 0. The van der Waals surface area contributed by atoms with Crippen molar-refractivity contribution in [3.63, 3.8) is 0 Å². The van der Waals surface area contributed by atoms with Gasteiger partial charge in [0.15, 0.2) is 0 Å². The lowest BCUT2D eigenvalue weighted by Gasteiger charge is -2.40. The summed E-state index contributed by atoms with van der Waals surface area (Å²) < 4.78 is 13.4. The summed E-state index contributed by atoms with van der Waals surface area (Å²) in [6.45, 7) is 4.32. The maximum absolute atomic E-state index is 6.88. The smallest absolute Gasteiger partial charge is 0.132 e. The molecule has 0 unspecified atom stereocenters. The number of aryl methyl sites for hydroxylation is 2. The lowest BCUT2D eigenvalue weighted by molar-refractivity contribution is 0.431. The zero-order chi connectivity index (χ0) is 34.4. The largest absolute Gasteiger partial charge is 0.457 e. The number of fused-ring (bicyclic) bond motifs is 3. The number of para-hydroxylation sites is 3. The van der Waals surface area contributed by atoms with E-state index in [1.165, 1.54) is 16.7 Å². The molecule has 8 aromatic rings. The van der Waals surface area contributed by atoms with Crippen molar-refractivity contribution in [2.24, 2.45) is 0 Å². The Morgan fingerprint density at radius 2 is 1.24 bits per heavy atom. The molecule has 1 aliphatic heterocycles. The topological polar surface area (TPSA) is 44.2 Å². The van der Waals surface area contributed by atoms with Gasteiger partial charge in [0.1, 0.15) is 23.0 Å². The highest BCUT2D eigenvalue weighted by molar-refractivity contribution is 5.83. The van der Waals surface area contributed by atoms with Crippen LogP contribution >= 0.6 is 0 Å². The molecule has 4 nitrogen and oxygen atoms in total. The van der Waals surface area contributed by atoms with Gasteiger partial charge in [-0.25, -0.2) is 4.98 Å². The lowest BCUT2D eigenvalue weighted by Crippen LogP contribution is -2.35. The molecule has 1 aliphatic rings. The van der Waals surface area contributed by atoms with E-state index in [-0.39, 0.29) is 0 Å². The van der Waals surface area contributed by atoms with Gasteiger partial charge < -0.3 is 9.47 Å². The summed E-state index contributed by atoms with van der Waals surface area (Å²) in [4.78, 5) is 10.0. The lowest BCUT2D eigenvalue weighted by atomic mass is 9.65. The van der Waals surface area contributed by atoms with Crippen LogP contribution in [0, 0.1) is 13.8 Å². The predicted molar refractivity (Wildman–Crippen MR) is 205 cm³/mol. The molecule has 0 N–H and O–H groups in total. The molecule has 0 saturated heterocycles. The predicted octanol–water partition coefficient (Wildman–Crippen LogP) is 11.9. The fraction of sp³-hybridized carbons (Fsp3) is 0.0638. The SMILES string of the molecule is Cc1cccc(C)c1-c1cc(Oc2cccc(C3(c4ccccn4)c4ccccc4Oc4ccccc43)c2)cc(-c2ccc3ccccc3n2)c1. The zero-order valence-electron chi connectivity index (χ0n) is 28.4. The van der Waals surface area contributed by atoms with Crippen molar-refractivity contribution in [3.8, 4) is 45.4 Å². The van der Waals surface area contributed by atoms with Gasteiger partial charge in [0.2, 0.25) is 0 Å². The summed E-state index contributed by atoms with van der Waals surface area (Å²) in [5.74, 6) is 3.07. The molecule has 244 valence electrons. The standard InChI is InChI=1S/C47H34N2O2/c1-31-13-11-14-32(2)46(31)35-27-34(42-25-24-33-15-3-6-20-41(33)49-42)28-38(29-35)50-37-17-12-16-36(30-37)47(45-23-9-10-26-48-45)39-18-4-7-21-43(39)51-44-22-8-5-19-40(44)47/h3-30H,1-2H3. The van der Waals surface area contributed by atoms with E-state index < -0.39 is 5.41 Å². The molecule has 0 saturated carbocycles. The minimum atomic E-state index is -0.744. The van der Waals surface area contributed by atoms with E-state index in [0.717, 1.165) is 73.1 Å². The highest BCUT2D eigenvalue weighted by Gasteiger charge is 2.46. The van der Waals surface area contributed by atoms with Gasteiger partial charge in [-0.2, -0.15) is 0 Å². The van der Waals surface area contributed by atoms with Crippen molar-refractivity contribution in [3.05, 3.63) is 203 Å². The van der Waals surface area contributed by atoms with E-state index in [1.807, 2.05) is 60.8 Å². The molecule has 51 heavy (non-hydrogen) atoms. The Labute approximate surface area is 297 Å². The van der Waals surface area contributed by atoms with Crippen molar-refractivity contribution in [2.45, 2.75) is 19.3 Å². The minimum absolute atomic E-state index is 0.723. The van der Waals surface area contributed by atoms with Crippen LogP contribution in [0.1, 0.15) is 33.5 Å². The van der Waals surface area contributed by atoms with E-state index in [9.17, 15) is 0 Å². The van der Waals surface area contributed by atoms with Gasteiger partial charge in [-0.15, -0.1) is 0 Å².